The first kappa shape index (κ1) is 27.2. The number of methoxy groups -OCH3 is 1. The Morgan fingerprint density at radius 3 is 2.29 bits per heavy atom. The summed E-state index contributed by atoms with van der Waals surface area (Å²) in [4.78, 5) is 15.5. The van der Waals surface area contributed by atoms with Crippen molar-refractivity contribution in [2.75, 3.05) is 25.5 Å². The number of piperidine rings is 1. The molecule has 1 saturated heterocycles. The van der Waals surface area contributed by atoms with Crippen molar-refractivity contribution in [1.82, 2.24) is 4.90 Å². The van der Waals surface area contributed by atoms with Crippen molar-refractivity contribution >= 4 is 11.6 Å². The Morgan fingerprint density at radius 2 is 1.68 bits per heavy atom. The van der Waals surface area contributed by atoms with Crippen LogP contribution < -0.4 is 14.8 Å². The van der Waals surface area contributed by atoms with E-state index in [0.29, 0.717) is 23.0 Å². The third-order valence-electron chi connectivity index (χ3n) is 7.26. The highest BCUT2D eigenvalue weighted by atomic mass is 16.5. The van der Waals surface area contributed by atoms with E-state index in [0.717, 1.165) is 48.4 Å². The molecule has 0 saturated carbocycles. The van der Waals surface area contributed by atoms with Crippen LogP contribution in [0.3, 0.4) is 0 Å². The van der Waals surface area contributed by atoms with Crippen LogP contribution in [-0.4, -0.2) is 43.2 Å². The minimum Gasteiger partial charge on any atom is -0.496 e. The van der Waals surface area contributed by atoms with Crippen molar-refractivity contribution < 1.29 is 14.3 Å². The van der Waals surface area contributed by atoms with Gasteiger partial charge in [0.15, 0.2) is 0 Å². The third-order valence-corrected chi connectivity index (χ3v) is 7.26. The first-order valence-electron chi connectivity index (χ1n) is 13.3. The maximum atomic E-state index is 13.1. The van der Waals surface area contributed by atoms with E-state index in [9.17, 15) is 10.1 Å². The molecule has 0 aromatic heterocycles. The van der Waals surface area contributed by atoms with Crippen LogP contribution >= 0.6 is 0 Å². The van der Waals surface area contributed by atoms with Gasteiger partial charge in [0.05, 0.1) is 24.7 Å². The molecule has 198 valence electrons. The number of hydrogen-bond donors (Lipinski definition) is 1. The Kier molecular flexibility index (Phi) is 8.38. The molecule has 4 rings (SSSR count). The van der Waals surface area contributed by atoms with Crippen LogP contribution in [0.1, 0.15) is 56.5 Å². The van der Waals surface area contributed by atoms with Gasteiger partial charge in [-0.3, -0.25) is 4.79 Å². The van der Waals surface area contributed by atoms with Crippen molar-refractivity contribution in [1.29, 1.82) is 5.26 Å². The molecule has 6 heteroatoms. The van der Waals surface area contributed by atoms with Crippen molar-refractivity contribution in [2.45, 2.75) is 58.1 Å². The first-order chi connectivity index (χ1) is 18.2. The predicted molar refractivity (Wildman–Crippen MR) is 152 cm³/mol. The normalized spacial score (nSPS) is 15.2. The Labute approximate surface area is 226 Å². The number of carbonyl (C=O) groups excluding carboxylic acids is 1. The van der Waals surface area contributed by atoms with Gasteiger partial charge in [-0.2, -0.15) is 5.26 Å². The zero-order valence-electron chi connectivity index (χ0n) is 23.0. The number of hydrogen-bond acceptors (Lipinski definition) is 5. The third kappa shape index (κ3) is 6.00. The van der Waals surface area contributed by atoms with Gasteiger partial charge in [0.25, 0.3) is 5.91 Å². The van der Waals surface area contributed by atoms with Gasteiger partial charge in [-0.25, -0.2) is 0 Å². The summed E-state index contributed by atoms with van der Waals surface area (Å²) in [5, 5.41) is 13.3. The summed E-state index contributed by atoms with van der Waals surface area (Å²) in [6.45, 7) is 10.1. The van der Waals surface area contributed by atoms with E-state index >= 15 is 0 Å². The zero-order valence-corrected chi connectivity index (χ0v) is 23.0. The van der Waals surface area contributed by atoms with E-state index in [4.69, 9.17) is 9.47 Å². The number of likely N-dealkylation sites (tertiary alicyclic amines) is 1. The van der Waals surface area contributed by atoms with E-state index in [1.165, 1.54) is 0 Å². The lowest BCUT2D eigenvalue weighted by Gasteiger charge is -2.40. The molecule has 6 nitrogen and oxygen atoms in total. The summed E-state index contributed by atoms with van der Waals surface area (Å²) in [7, 11) is 1.62. The molecule has 1 fully saturated rings. The van der Waals surface area contributed by atoms with Crippen molar-refractivity contribution in [3.8, 4) is 28.7 Å². The van der Waals surface area contributed by atoms with E-state index < -0.39 is 5.41 Å². The summed E-state index contributed by atoms with van der Waals surface area (Å²) >= 11 is 0. The minimum absolute atomic E-state index is 0.102. The van der Waals surface area contributed by atoms with Gasteiger partial charge in [0.2, 0.25) is 0 Å². The number of amides is 1. The molecule has 0 atom stereocenters. The number of rotatable bonds is 8. The molecule has 0 aliphatic carbocycles. The van der Waals surface area contributed by atoms with Crippen LogP contribution in [0.5, 0.6) is 11.5 Å². The first-order valence-corrected chi connectivity index (χ1v) is 13.3. The summed E-state index contributed by atoms with van der Waals surface area (Å²) in [6, 6.07) is 24.1. The Bertz CT molecular complexity index is 1300. The molecule has 0 unspecified atom stereocenters. The number of nitriles is 1. The second kappa shape index (κ2) is 11.7. The van der Waals surface area contributed by atoms with Crippen LogP contribution in [0, 0.1) is 11.3 Å². The highest BCUT2D eigenvalue weighted by molar-refractivity contribution is 6.04. The van der Waals surface area contributed by atoms with E-state index in [1.54, 1.807) is 7.11 Å². The summed E-state index contributed by atoms with van der Waals surface area (Å²) < 4.78 is 11.5. The quantitative estimate of drug-likeness (QED) is 0.366. The fourth-order valence-corrected chi connectivity index (χ4v) is 5.06. The number of benzene rings is 3. The highest BCUT2D eigenvalue weighted by Gasteiger charge is 2.39. The van der Waals surface area contributed by atoms with E-state index in [2.05, 4.69) is 30.1 Å². The lowest BCUT2D eigenvalue weighted by molar-refractivity contribution is 0.102. The molecule has 0 bridgehead atoms. The van der Waals surface area contributed by atoms with Crippen molar-refractivity contribution in [3.63, 3.8) is 0 Å². The fourth-order valence-electron chi connectivity index (χ4n) is 5.06. The lowest BCUT2D eigenvalue weighted by atomic mass is 9.73. The number of anilines is 1. The maximum Gasteiger partial charge on any atom is 0.255 e. The van der Waals surface area contributed by atoms with Gasteiger partial charge in [-0.15, -0.1) is 0 Å². The molecule has 1 N–H and O–H groups in total. The number of nitrogens with one attached hydrogen (secondary N) is 1. The molecule has 3 aromatic carbocycles. The zero-order chi connectivity index (χ0) is 27.3. The van der Waals surface area contributed by atoms with Crippen LogP contribution in [0.15, 0.2) is 66.7 Å². The van der Waals surface area contributed by atoms with Crippen molar-refractivity contribution in [2.24, 2.45) is 0 Å². The average Bonchev–Trinajstić information content (AvgIpc) is 2.93. The molecule has 0 radical (unpaired) electrons. The van der Waals surface area contributed by atoms with Crippen LogP contribution in [0.25, 0.3) is 11.1 Å². The molecular weight excluding hydrogens is 474 g/mol. The Balaban J connectivity index is 1.52. The van der Waals surface area contributed by atoms with Crippen LogP contribution in [-0.2, 0) is 5.41 Å². The van der Waals surface area contributed by atoms with Crippen LogP contribution in [0.4, 0.5) is 5.69 Å². The molecule has 1 heterocycles. The smallest absolute Gasteiger partial charge is 0.255 e. The number of carbonyl (C=O) groups is 1. The Hall–Kier alpha value is -3.82. The predicted octanol–water partition coefficient (Wildman–Crippen LogP) is 6.67. The SMILES string of the molecule is COc1ccc(NC(=O)c2ccc(-c3cccc(OC(C)C)c3)cc2)cc1C1(C#N)CCN(C(C)C)CC1. The highest BCUT2D eigenvalue weighted by Crippen LogP contribution is 2.41. The van der Waals surface area contributed by atoms with Gasteiger partial charge in [0.1, 0.15) is 11.5 Å². The molecule has 1 aliphatic heterocycles. The lowest BCUT2D eigenvalue weighted by Crippen LogP contribution is -2.44. The summed E-state index contributed by atoms with van der Waals surface area (Å²) in [5.41, 5.74) is 3.43. The van der Waals surface area contributed by atoms with E-state index in [1.807, 2.05) is 80.6 Å². The standard InChI is InChI=1S/C32H37N3O3/c1-22(2)35-17-15-32(21-33,16-18-35)29-20-27(13-14-30(29)37-5)34-31(36)25-11-9-24(10-12-25)26-7-6-8-28(19-26)38-23(3)4/h6-14,19-20,22-23H,15-18H2,1-5H3,(H,34,36). The summed E-state index contributed by atoms with van der Waals surface area (Å²) in [5.74, 6) is 1.29. The topological polar surface area (TPSA) is 74.6 Å². The second-order valence-corrected chi connectivity index (χ2v) is 10.5. The number of nitrogens with zero attached hydrogens (tertiary/aromatic N) is 2. The molecular formula is C32H37N3O3. The molecule has 0 spiro atoms. The monoisotopic (exact) mass is 511 g/mol. The van der Waals surface area contributed by atoms with Crippen molar-refractivity contribution in [3.05, 3.63) is 77.9 Å². The van der Waals surface area contributed by atoms with Gasteiger partial charge in [0, 0.05) is 35.9 Å². The maximum absolute atomic E-state index is 13.1. The van der Waals surface area contributed by atoms with E-state index in [-0.39, 0.29) is 12.0 Å². The average molecular weight is 512 g/mol. The largest absolute Gasteiger partial charge is 0.496 e. The van der Waals surface area contributed by atoms with Crippen LogP contribution in [0.2, 0.25) is 0 Å². The molecule has 38 heavy (non-hydrogen) atoms. The second-order valence-electron chi connectivity index (χ2n) is 10.5. The Morgan fingerprint density at radius 1 is 0.974 bits per heavy atom. The van der Waals surface area contributed by atoms with Gasteiger partial charge >= 0.3 is 0 Å². The van der Waals surface area contributed by atoms with Gasteiger partial charge in [-0.05, 0) is 94.1 Å². The summed E-state index contributed by atoms with van der Waals surface area (Å²) in [6.07, 6.45) is 1.55. The number of ether oxygens (including phenoxy) is 2. The molecule has 3 aromatic rings. The van der Waals surface area contributed by atoms with Gasteiger partial charge in [-0.1, -0.05) is 24.3 Å². The molecule has 1 amide bonds. The molecule has 1 aliphatic rings. The van der Waals surface area contributed by atoms with Gasteiger partial charge < -0.3 is 19.7 Å². The minimum atomic E-state index is -0.646. The fraction of sp³-hybridized carbons (Fsp3) is 0.375.